The van der Waals surface area contributed by atoms with Crippen LogP contribution >= 0.6 is 0 Å². The lowest BCUT2D eigenvalue weighted by Gasteiger charge is -2.35. The van der Waals surface area contributed by atoms with Gasteiger partial charge >= 0.3 is 0 Å². The number of hydrogen-bond acceptors (Lipinski definition) is 3. The van der Waals surface area contributed by atoms with Crippen LogP contribution in [0.25, 0.3) is 0 Å². The van der Waals surface area contributed by atoms with Gasteiger partial charge in [-0.2, -0.15) is 0 Å². The Morgan fingerprint density at radius 2 is 2.21 bits per heavy atom. The van der Waals surface area contributed by atoms with Crippen LogP contribution < -0.4 is 5.32 Å². The number of imidazole rings is 1. The third-order valence-corrected chi connectivity index (χ3v) is 4.66. The van der Waals surface area contributed by atoms with Crippen molar-refractivity contribution >= 4 is 0 Å². The van der Waals surface area contributed by atoms with Crippen molar-refractivity contribution in [2.75, 3.05) is 19.6 Å². The van der Waals surface area contributed by atoms with Gasteiger partial charge in [-0.05, 0) is 58.2 Å². The third-order valence-electron chi connectivity index (χ3n) is 4.66. The number of hydrogen-bond donors (Lipinski definition) is 1. The van der Waals surface area contributed by atoms with Crippen molar-refractivity contribution in [3.8, 4) is 0 Å². The first-order valence-electron chi connectivity index (χ1n) is 7.85. The summed E-state index contributed by atoms with van der Waals surface area (Å²) < 4.78 is 2.16. The number of fused-ring (bicyclic) bond motifs is 1. The Hall–Kier alpha value is -0.870. The monoisotopic (exact) mass is 262 g/mol. The fourth-order valence-electron chi connectivity index (χ4n) is 3.55. The van der Waals surface area contributed by atoms with Gasteiger partial charge in [0.15, 0.2) is 0 Å². The van der Waals surface area contributed by atoms with E-state index in [9.17, 15) is 0 Å². The van der Waals surface area contributed by atoms with Crippen LogP contribution in [0, 0.1) is 0 Å². The van der Waals surface area contributed by atoms with E-state index in [0.29, 0.717) is 0 Å². The Morgan fingerprint density at radius 1 is 1.21 bits per heavy atom. The molecule has 2 atom stereocenters. The molecule has 0 aromatic carbocycles. The van der Waals surface area contributed by atoms with Gasteiger partial charge in [-0.15, -0.1) is 0 Å². The van der Waals surface area contributed by atoms with Gasteiger partial charge in [0.05, 0.1) is 6.33 Å². The molecule has 4 nitrogen and oxygen atoms in total. The predicted octanol–water partition coefficient (Wildman–Crippen LogP) is 1.88. The van der Waals surface area contributed by atoms with Crippen molar-refractivity contribution in [1.29, 1.82) is 0 Å². The summed E-state index contributed by atoms with van der Waals surface area (Å²) in [5, 5.41) is 3.76. The molecule has 0 spiro atoms. The summed E-state index contributed by atoms with van der Waals surface area (Å²) in [5.41, 5.74) is 0. The molecule has 1 N–H and O–H groups in total. The average Bonchev–Trinajstić information content (AvgIpc) is 3.08. The number of nitrogens with one attached hydrogen (secondary N) is 1. The average molecular weight is 262 g/mol. The van der Waals surface area contributed by atoms with Crippen LogP contribution in [0.4, 0.5) is 0 Å². The highest BCUT2D eigenvalue weighted by Crippen LogP contribution is 2.26. The van der Waals surface area contributed by atoms with Crippen molar-refractivity contribution in [2.45, 2.75) is 57.2 Å². The van der Waals surface area contributed by atoms with Crippen LogP contribution in [-0.4, -0.2) is 46.2 Å². The molecule has 3 rings (SSSR count). The van der Waals surface area contributed by atoms with Crippen LogP contribution in [0.3, 0.4) is 0 Å². The molecule has 2 saturated heterocycles. The van der Waals surface area contributed by atoms with E-state index in [2.05, 4.69) is 19.8 Å². The molecule has 2 unspecified atom stereocenters. The predicted molar refractivity (Wildman–Crippen MR) is 77.1 cm³/mol. The maximum atomic E-state index is 4.07. The SMILES string of the molecule is c1cn(CCCCNC2CCN3CCCC3C2)cn1. The first-order chi connectivity index (χ1) is 9.42. The number of rotatable bonds is 6. The van der Waals surface area contributed by atoms with Crippen molar-refractivity contribution in [3.05, 3.63) is 18.7 Å². The lowest BCUT2D eigenvalue weighted by atomic mass is 9.97. The number of aryl methyl sites for hydroxylation is 1. The summed E-state index contributed by atoms with van der Waals surface area (Å²) in [7, 11) is 0. The second-order valence-electron chi connectivity index (χ2n) is 6.02. The Morgan fingerprint density at radius 3 is 3.11 bits per heavy atom. The lowest BCUT2D eigenvalue weighted by Crippen LogP contribution is -2.45. The first kappa shape index (κ1) is 13.1. The molecule has 0 saturated carbocycles. The largest absolute Gasteiger partial charge is 0.337 e. The second kappa shape index (κ2) is 6.53. The van der Waals surface area contributed by atoms with Gasteiger partial charge in [-0.25, -0.2) is 4.98 Å². The second-order valence-corrected chi connectivity index (χ2v) is 6.02. The molecule has 0 amide bonds. The molecule has 1 aromatic rings. The zero-order valence-corrected chi connectivity index (χ0v) is 11.8. The van der Waals surface area contributed by atoms with Crippen molar-refractivity contribution in [2.24, 2.45) is 0 Å². The summed E-state index contributed by atoms with van der Waals surface area (Å²) in [5.74, 6) is 0. The molecule has 106 valence electrons. The number of unbranched alkanes of at least 4 members (excludes halogenated alkanes) is 1. The summed E-state index contributed by atoms with van der Waals surface area (Å²) in [6.45, 7) is 4.94. The molecule has 0 bridgehead atoms. The highest BCUT2D eigenvalue weighted by molar-refractivity contribution is 4.89. The fraction of sp³-hybridized carbons (Fsp3) is 0.800. The maximum absolute atomic E-state index is 4.07. The van der Waals surface area contributed by atoms with Gasteiger partial charge in [0, 0.05) is 31.0 Å². The van der Waals surface area contributed by atoms with E-state index >= 15 is 0 Å². The standard InChI is InChI=1S/C15H26N4/c1(2-8-18-11-7-16-13-18)6-17-14-5-10-19-9-3-4-15(19)12-14/h7,11,13-15,17H,1-6,8-10,12H2. The quantitative estimate of drug-likeness (QED) is 0.795. The number of aromatic nitrogens is 2. The summed E-state index contributed by atoms with van der Waals surface area (Å²) in [6.07, 6.45) is 13.9. The lowest BCUT2D eigenvalue weighted by molar-refractivity contribution is 0.167. The third kappa shape index (κ3) is 3.57. The van der Waals surface area contributed by atoms with Crippen LogP contribution in [-0.2, 0) is 6.54 Å². The maximum Gasteiger partial charge on any atom is 0.0945 e. The van der Waals surface area contributed by atoms with E-state index in [4.69, 9.17) is 0 Å². The highest BCUT2D eigenvalue weighted by atomic mass is 15.2. The smallest absolute Gasteiger partial charge is 0.0945 e. The molecular formula is C15H26N4. The van der Waals surface area contributed by atoms with Crippen LogP contribution in [0.1, 0.15) is 38.5 Å². The van der Waals surface area contributed by atoms with Gasteiger partial charge in [0.2, 0.25) is 0 Å². The molecule has 0 aliphatic carbocycles. The van der Waals surface area contributed by atoms with Crippen molar-refractivity contribution in [1.82, 2.24) is 19.8 Å². The van der Waals surface area contributed by atoms with Gasteiger partial charge in [0.1, 0.15) is 0 Å². The molecule has 4 heteroatoms. The van der Waals surface area contributed by atoms with Crippen LogP contribution in [0.15, 0.2) is 18.7 Å². The highest BCUT2D eigenvalue weighted by Gasteiger charge is 2.31. The Kier molecular flexibility index (Phi) is 4.51. The van der Waals surface area contributed by atoms with E-state index in [-0.39, 0.29) is 0 Å². The molecule has 2 aliphatic heterocycles. The Balaban J connectivity index is 1.28. The Bertz CT molecular complexity index is 362. The van der Waals surface area contributed by atoms with Crippen LogP contribution in [0.5, 0.6) is 0 Å². The van der Waals surface area contributed by atoms with Crippen molar-refractivity contribution in [3.63, 3.8) is 0 Å². The molecule has 0 radical (unpaired) electrons. The number of piperidine rings is 1. The number of nitrogens with zero attached hydrogens (tertiary/aromatic N) is 3. The van der Waals surface area contributed by atoms with E-state index in [1.807, 2.05) is 18.7 Å². The van der Waals surface area contributed by atoms with Gasteiger partial charge in [-0.1, -0.05) is 0 Å². The summed E-state index contributed by atoms with van der Waals surface area (Å²) >= 11 is 0. The molecule has 19 heavy (non-hydrogen) atoms. The Labute approximate surface area is 116 Å². The van der Waals surface area contributed by atoms with Crippen LogP contribution in [0.2, 0.25) is 0 Å². The van der Waals surface area contributed by atoms with E-state index in [1.165, 1.54) is 58.2 Å². The summed E-state index contributed by atoms with van der Waals surface area (Å²) in [6, 6.07) is 1.66. The van der Waals surface area contributed by atoms with Gasteiger partial charge in [-0.3, -0.25) is 0 Å². The van der Waals surface area contributed by atoms with E-state index in [0.717, 1.165) is 18.6 Å². The van der Waals surface area contributed by atoms with Gasteiger partial charge < -0.3 is 14.8 Å². The normalized spacial score (nSPS) is 27.6. The topological polar surface area (TPSA) is 33.1 Å². The summed E-state index contributed by atoms with van der Waals surface area (Å²) in [4.78, 5) is 6.76. The molecule has 2 fully saturated rings. The minimum Gasteiger partial charge on any atom is -0.337 e. The molecule has 2 aliphatic rings. The minimum absolute atomic E-state index is 0.771. The molecular weight excluding hydrogens is 236 g/mol. The van der Waals surface area contributed by atoms with Gasteiger partial charge in [0.25, 0.3) is 0 Å². The van der Waals surface area contributed by atoms with Crippen molar-refractivity contribution < 1.29 is 0 Å². The molecule has 1 aromatic heterocycles. The fourth-order valence-corrected chi connectivity index (χ4v) is 3.55. The zero-order valence-electron chi connectivity index (χ0n) is 11.8. The van der Waals surface area contributed by atoms with E-state index < -0.39 is 0 Å². The zero-order chi connectivity index (χ0) is 12.9. The first-order valence-corrected chi connectivity index (χ1v) is 7.85. The molecule has 3 heterocycles. The van der Waals surface area contributed by atoms with E-state index in [1.54, 1.807) is 0 Å². The minimum atomic E-state index is 0.771.